The number of carbonyl (C=O) groups excluding carboxylic acids is 1. The summed E-state index contributed by atoms with van der Waals surface area (Å²) >= 11 is 0.306. The molecule has 0 saturated heterocycles. The molecular weight excluding hydrogens is 413 g/mol. The van der Waals surface area contributed by atoms with Crippen LogP contribution in [0.3, 0.4) is 0 Å². The Balaban J connectivity index is 0.000000771. The van der Waals surface area contributed by atoms with Gasteiger partial charge >= 0.3 is 113 Å². The Hall–Kier alpha value is -0.375. The number of fused-ring (bicyclic) bond motifs is 1. The molecule has 0 aliphatic heterocycles. The molecule has 1 atom stereocenters. The molecular formula is C15H21HgO2. The van der Waals surface area contributed by atoms with Crippen molar-refractivity contribution in [3.8, 4) is 5.75 Å². The topological polar surface area (TPSA) is 26.3 Å². The van der Waals surface area contributed by atoms with Gasteiger partial charge in [0.1, 0.15) is 0 Å². The second kappa shape index (κ2) is 7.27. The van der Waals surface area contributed by atoms with E-state index in [0.717, 1.165) is 29.7 Å². The Morgan fingerprint density at radius 2 is 2.06 bits per heavy atom. The molecule has 1 unspecified atom stereocenters. The molecule has 0 aromatic heterocycles. The first-order valence-electron chi connectivity index (χ1n) is 6.79. The Morgan fingerprint density at radius 1 is 1.39 bits per heavy atom. The van der Waals surface area contributed by atoms with E-state index in [9.17, 15) is 4.79 Å². The van der Waals surface area contributed by atoms with Crippen LogP contribution in [-0.4, -0.2) is 5.78 Å². The number of aryl methyl sites for hydroxylation is 1. The van der Waals surface area contributed by atoms with Crippen molar-refractivity contribution in [3.05, 3.63) is 28.8 Å². The monoisotopic (exact) mass is 435 g/mol. The van der Waals surface area contributed by atoms with Gasteiger partial charge in [-0.05, 0) is 0 Å². The van der Waals surface area contributed by atoms with E-state index >= 15 is 0 Å². The normalized spacial score (nSPS) is 17.7. The SMILES string of the molecule is CC.CCc1cc([O][Hg])cc2c1C(=O)CCC2C. The van der Waals surface area contributed by atoms with Crippen LogP contribution in [0, 0.1) is 0 Å². The molecule has 1 aliphatic rings. The number of rotatable bonds is 2. The molecule has 18 heavy (non-hydrogen) atoms. The summed E-state index contributed by atoms with van der Waals surface area (Å²) in [6.07, 6.45) is 2.58. The molecule has 0 radical (unpaired) electrons. The maximum atomic E-state index is 12.0. The number of hydrogen-bond donors (Lipinski definition) is 0. The molecule has 0 spiro atoms. The van der Waals surface area contributed by atoms with E-state index < -0.39 is 0 Å². The molecule has 3 heteroatoms. The van der Waals surface area contributed by atoms with Gasteiger partial charge in [-0.2, -0.15) is 0 Å². The van der Waals surface area contributed by atoms with Crippen molar-refractivity contribution >= 4 is 5.78 Å². The zero-order valence-corrected chi connectivity index (χ0v) is 17.4. The van der Waals surface area contributed by atoms with E-state index in [0.29, 0.717) is 44.7 Å². The summed E-state index contributed by atoms with van der Waals surface area (Å²) in [5.41, 5.74) is 3.35. The molecule has 0 heterocycles. The first-order chi connectivity index (χ1) is 8.67. The van der Waals surface area contributed by atoms with E-state index in [2.05, 4.69) is 19.9 Å². The molecule has 1 aromatic carbocycles. The predicted octanol–water partition coefficient (Wildman–Crippen LogP) is 4.20. The van der Waals surface area contributed by atoms with Gasteiger partial charge in [0, 0.05) is 0 Å². The van der Waals surface area contributed by atoms with Gasteiger partial charge in [-0.25, -0.2) is 0 Å². The number of carbonyl (C=O) groups is 1. The van der Waals surface area contributed by atoms with Crippen molar-refractivity contribution < 1.29 is 34.0 Å². The molecule has 1 aliphatic carbocycles. The van der Waals surface area contributed by atoms with Crippen LogP contribution in [0.5, 0.6) is 5.75 Å². The molecule has 2 nitrogen and oxygen atoms in total. The van der Waals surface area contributed by atoms with Crippen molar-refractivity contribution in [1.29, 1.82) is 0 Å². The van der Waals surface area contributed by atoms with Crippen LogP contribution < -0.4 is 2.64 Å². The summed E-state index contributed by atoms with van der Waals surface area (Å²) in [6, 6.07) is 4.12. The average molecular weight is 434 g/mol. The first kappa shape index (κ1) is 15.7. The van der Waals surface area contributed by atoms with Gasteiger partial charge in [-0.3, -0.25) is 0 Å². The van der Waals surface area contributed by atoms with Crippen LogP contribution in [0.2, 0.25) is 0 Å². The third-order valence-electron chi connectivity index (χ3n) is 3.39. The molecule has 2 rings (SSSR count). The van der Waals surface area contributed by atoms with Crippen LogP contribution in [0.1, 0.15) is 67.9 Å². The summed E-state index contributed by atoms with van der Waals surface area (Å²) in [7, 11) is 0. The third-order valence-corrected chi connectivity index (χ3v) is 4.68. The summed E-state index contributed by atoms with van der Waals surface area (Å²) in [6.45, 7) is 8.30. The Kier molecular flexibility index (Phi) is 6.34. The predicted molar refractivity (Wildman–Crippen MR) is 69.8 cm³/mol. The van der Waals surface area contributed by atoms with Gasteiger partial charge in [-0.1, -0.05) is 13.8 Å². The summed E-state index contributed by atoms with van der Waals surface area (Å²) < 4.78 is 5.49. The van der Waals surface area contributed by atoms with Gasteiger partial charge in [0.25, 0.3) is 0 Å². The second-order valence-corrected chi connectivity index (χ2v) is 5.53. The van der Waals surface area contributed by atoms with Gasteiger partial charge in [0.05, 0.1) is 0 Å². The van der Waals surface area contributed by atoms with Crippen molar-refractivity contribution in [1.82, 2.24) is 0 Å². The standard InChI is InChI=1S/C13H16O2.C2H6.Hg/c1-3-9-6-10(14)7-11-8(2)4-5-12(15)13(9)11;1-2;/h6-8,14H,3-5H2,1-2H3;1-2H3;/q;;+1/p-1. The average Bonchev–Trinajstić information content (AvgIpc) is 2.44. The maximum absolute atomic E-state index is 12.0. The van der Waals surface area contributed by atoms with Crippen LogP contribution in [-0.2, 0) is 33.0 Å². The Morgan fingerprint density at radius 3 is 2.61 bits per heavy atom. The van der Waals surface area contributed by atoms with Crippen molar-refractivity contribution in [2.45, 2.75) is 52.9 Å². The van der Waals surface area contributed by atoms with Crippen molar-refractivity contribution in [2.75, 3.05) is 0 Å². The summed E-state index contributed by atoms with van der Waals surface area (Å²) in [5, 5.41) is 0. The van der Waals surface area contributed by atoms with Crippen LogP contribution in [0.25, 0.3) is 0 Å². The fraction of sp³-hybridized carbons (Fsp3) is 0.533. The second-order valence-electron chi connectivity index (χ2n) is 4.41. The third kappa shape index (κ3) is 3.14. The van der Waals surface area contributed by atoms with Crippen LogP contribution in [0.15, 0.2) is 12.1 Å². The molecule has 0 bridgehead atoms. The number of benzene rings is 1. The number of Topliss-reactive ketones (excluding diaryl/α,β-unsaturated/α-hetero) is 1. The van der Waals surface area contributed by atoms with E-state index in [1.165, 1.54) is 5.56 Å². The minimum atomic E-state index is 0.306. The first-order valence-corrected chi connectivity index (χ1v) is 9.03. The molecule has 0 saturated carbocycles. The molecule has 0 amide bonds. The zero-order chi connectivity index (χ0) is 13.7. The number of hydrogen-bond acceptors (Lipinski definition) is 2. The van der Waals surface area contributed by atoms with Gasteiger partial charge in [0.15, 0.2) is 0 Å². The number of ketones is 1. The minimum absolute atomic E-state index is 0.306. The van der Waals surface area contributed by atoms with Crippen LogP contribution in [0.4, 0.5) is 0 Å². The molecule has 0 N–H and O–H groups in total. The van der Waals surface area contributed by atoms with Gasteiger partial charge < -0.3 is 0 Å². The van der Waals surface area contributed by atoms with E-state index in [-0.39, 0.29) is 0 Å². The van der Waals surface area contributed by atoms with Crippen molar-refractivity contribution in [3.63, 3.8) is 0 Å². The quantitative estimate of drug-likeness (QED) is 0.653. The fourth-order valence-electron chi connectivity index (χ4n) is 2.42. The van der Waals surface area contributed by atoms with E-state index in [1.54, 1.807) is 0 Å². The molecule has 1 aromatic rings. The molecule has 95 valence electrons. The Labute approximate surface area is 127 Å². The van der Waals surface area contributed by atoms with Crippen molar-refractivity contribution in [2.24, 2.45) is 0 Å². The fourth-order valence-corrected chi connectivity index (χ4v) is 3.06. The zero-order valence-electron chi connectivity index (χ0n) is 11.9. The molecule has 0 fully saturated rings. The van der Waals surface area contributed by atoms with Crippen LogP contribution >= 0.6 is 0 Å². The van der Waals surface area contributed by atoms with E-state index in [1.807, 2.05) is 19.9 Å². The summed E-state index contributed by atoms with van der Waals surface area (Å²) in [4.78, 5) is 12.0. The summed E-state index contributed by atoms with van der Waals surface area (Å²) in [5.74, 6) is 1.76. The van der Waals surface area contributed by atoms with E-state index in [4.69, 9.17) is 2.64 Å². The van der Waals surface area contributed by atoms with Gasteiger partial charge in [-0.15, -0.1) is 0 Å². The van der Waals surface area contributed by atoms with Gasteiger partial charge in [0.2, 0.25) is 0 Å². The Bertz CT molecular complexity index is 427.